The van der Waals surface area contributed by atoms with Crippen molar-refractivity contribution in [1.82, 2.24) is 0 Å². The lowest BCUT2D eigenvalue weighted by Gasteiger charge is -2.14. The number of carbonyl (C=O) groups excluding carboxylic acids is 1. The molecular weight excluding hydrogens is 444 g/mol. The van der Waals surface area contributed by atoms with Crippen molar-refractivity contribution < 1.29 is 24.2 Å². The van der Waals surface area contributed by atoms with Crippen molar-refractivity contribution in [1.29, 1.82) is 0 Å². The van der Waals surface area contributed by atoms with E-state index in [1.165, 1.54) is 12.1 Å². The highest BCUT2D eigenvalue weighted by Crippen LogP contribution is 2.28. The van der Waals surface area contributed by atoms with Gasteiger partial charge in [-0.15, -0.1) is 0 Å². The van der Waals surface area contributed by atoms with Gasteiger partial charge in [-0.2, -0.15) is 0 Å². The lowest BCUT2D eigenvalue weighted by Crippen LogP contribution is -2.15. The summed E-state index contributed by atoms with van der Waals surface area (Å²) in [6.07, 6.45) is -0.125. The summed E-state index contributed by atoms with van der Waals surface area (Å²) in [6.45, 7) is 3.68. The van der Waals surface area contributed by atoms with Crippen molar-refractivity contribution in [3.8, 4) is 11.5 Å². The molecule has 0 aromatic heterocycles. The molecule has 24 heavy (non-hydrogen) atoms. The Morgan fingerprint density at radius 2 is 1.50 bits per heavy atom. The molecule has 0 atom stereocenters. The van der Waals surface area contributed by atoms with Crippen LogP contribution in [0.1, 0.15) is 34.6 Å². The molecule has 0 unspecified atom stereocenters. The van der Waals surface area contributed by atoms with Crippen molar-refractivity contribution in [2.45, 2.75) is 20.0 Å². The van der Waals surface area contributed by atoms with Crippen molar-refractivity contribution in [3.63, 3.8) is 0 Å². The van der Waals surface area contributed by atoms with E-state index >= 15 is 0 Å². The zero-order chi connectivity index (χ0) is 17.9. The molecule has 0 amide bonds. The number of aromatic carboxylic acids is 1. The summed E-state index contributed by atoms with van der Waals surface area (Å²) in [5, 5.41) is 9.25. The third kappa shape index (κ3) is 4.58. The predicted molar refractivity (Wildman–Crippen MR) is 96.0 cm³/mol. The average molecular weight is 458 g/mol. The van der Waals surface area contributed by atoms with Crippen LogP contribution in [0.15, 0.2) is 45.3 Å². The second-order valence-corrected chi connectivity index (χ2v) is 6.97. The van der Waals surface area contributed by atoms with Gasteiger partial charge in [-0.05, 0) is 50.2 Å². The number of hydrogen-bond acceptors (Lipinski definition) is 4. The van der Waals surface area contributed by atoms with E-state index in [0.29, 0.717) is 14.7 Å². The van der Waals surface area contributed by atoms with Gasteiger partial charge in [0.25, 0.3) is 0 Å². The van der Waals surface area contributed by atoms with Crippen LogP contribution >= 0.6 is 31.9 Å². The van der Waals surface area contributed by atoms with Crippen molar-refractivity contribution in [2.75, 3.05) is 0 Å². The Balaban J connectivity index is 2.37. The van der Waals surface area contributed by atoms with Gasteiger partial charge in [0.1, 0.15) is 22.6 Å². The number of esters is 1. The topological polar surface area (TPSA) is 72.8 Å². The molecule has 0 spiro atoms. The fourth-order valence-corrected chi connectivity index (χ4v) is 2.65. The summed E-state index contributed by atoms with van der Waals surface area (Å²) < 4.78 is 12.1. The monoisotopic (exact) mass is 456 g/mol. The first-order valence-corrected chi connectivity index (χ1v) is 8.57. The van der Waals surface area contributed by atoms with Gasteiger partial charge < -0.3 is 14.6 Å². The van der Waals surface area contributed by atoms with Crippen LogP contribution in [-0.2, 0) is 0 Å². The van der Waals surface area contributed by atoms with Gasteiger partial charge in [0.15, 0.2) is 0 Å². The van der Waals surface area contributed by atoms with Gasteiger partial charge in [0, 0.05) is 8.95 Å². The minimum absolute atomic E-state index is 0.0360. The van der Waals surface area contributed by atoms with Crippen LogP contribution < -0.4 is 9.47 Å². The molecule has 0 aliphatic heterocycles. The Bertz CT molecular complexity index is 787. The first kappa shape index (κ1) is 18.5. The fourth-order valence-electron chi connectivity index (χ4n) is 1.93. The third-order valence-corrected chi connectivity index (χ3v) is 3.89. The fraction of sp³-hybridized carbons (Fsp3) is 0.176. The normalized spacial score (nSPS) is 10.5. The van der Waals surface area contributed by atoms with Crippen molar-refractivity contribution in [2.24, 2.45) is 0 Å². The van der Waals surface area contributed by atoms with E-state index in [2.05, 4.69) is 31.9 Å². The zero-order valence-corrected chi connectivity index (χ0v) is 16.0. The minimum atomic E-state index is -1.19. The summed E-state index contributed by atoms with van der Waals surface area (Å²) in [5.41, 5.74) is 0.0939. The van der Waals surface area contributed by atoms with Crippen LogP contribution in [-0.4, -0.2) is 23.1 Å². The minimum Gasteiger partial charge on any atom is -0.490 e. The molecule has 2 rings (SSSR count). The first-order valence-electron chi connectivity index (χ1n) is 6.99. The van der Waals surface area contributed by atoms with Gasteiger partial charge in [0.2, 0.25) is 0 Å². The van der Waals surface area contributed by atoms with Crippen LogP contribution in [0.5, 0.6) is 11.5 Å². The van der Waals surface area contributed by atoms with Crippen molar-refractivity contribution in [3.05, 3.63) is 56.5 Å². The Morgan fingerprint density at radius 3 is 2.04 bits per heavy atom. The van der Waals surface area contributed by atoms with Crippen LogP contribution in [0, 0.1) is 0 Å². The number of ether oxygens (including phenoxy) is 2. The van der Waals surface area contributed by atoms with Crippen LogP contribution in [0.4, 0.5) is 0 Å². The third-order valence-electron chi connectivity index (χ3n) is 2.90. The van der Waals surface area contributed by atoms with E-state index in [9.17, 15) is 14.7 Å². The predicted octanol–water partition coefficient (Wildman–Crippen LogP) is 4.92. The molecule has 1 N–H and O–H groups in total. The Hall–Kier alpha value is -1.86. The van der Waals surface area contributed by atoms with Gasteiger partial charge in [-0.3, -0.25) is 0 Å². The average Bonchev–Trinajstić information content (AvgIpc) is 2.50. The molecule has 0 heterocycles. The summed E-state index contributed by atoms with van der Waals surface area (Å²) in [4.78, 5) is 23.8. The highest BCUT2D eigenvalue weighted by Gasteiger charge is 2.20. The van der Waals surface area contributed by atoms with Crippen LogP contribution in [0.25, 0.3) is 0 Å². The number of rotatable bonds is 5. The van der Waals surface area contributed by atoms with E-state index < -0.39 is 11.9 Å². The van der Waals surface area contributed by atoms with E-state index in [0.717, 1.165) is 0 Å². The second-order valence-electron chi connectivity index (χ2n) is 5.14. The molecule has 2 aromatic rings. The molecule has 7 heteroatoms. The second kappa shape index (κ2) is 7.81. The van der Waals surface area contributed by atoms with Gasteiger partial charge >= 0.3 is 11.9 Å². The zero-order valence-electron chi connectivity index (χ0n) is 12.9. The highest BCUT2D eigenvalue weighted by atomic mass is 79.9. The Labute approximate surface area is 155 Å². The number of carboxylic acid groups (broad SMARTS) is 1. The van der Waals surface area contributed by atoms with E-state index in [1.807, 2.05) is 13.8 Å². The molecule has 0 fully saturated rings. The quantitative estimate of drug-likeness (QED) is 0.509. The summed E-state index contributed by atoms with van der Waals surface area (Å²) in [7, 11) is 0. The largest absolute Gasteiger partial charge is 0.490 e. The lowest BCUT2D eigenvalue weighted by atomic mass is 10.2. The van der Waals surface area contributed by atoms with E-state index in [4.69, 9.17) is 9.47 Å². The lowest BCUT2D eigenvalue weighted by molar-refractivity contribution is 0.0680. The van der Waals surface area contributed by atoms with Gasteiger partial charge in [0.05, 0.1) is 6.10 Å². The first-order chi connectivity index (χ1) is 11.3. The maximum Gasteiger partial charge on any atom is 0.347 e. The Kier molecular flexibility index (Phi) is 6.01. The molecule has 126 valence electrons. The van der Waals surface area contributed by atoms with Crippen LogP contribution in [0.2, 0.25) is 0 Å². The number of carbonyl (C=O) groups is 2. The summed E-state index contributed by atoms with van der Waals surface area (Å²) >= 11 is 6.49. The maximum atomic E-state index is 12.5. The SMILES string of the molecule is CC(C)Oc1ccc(Br)cc1C(=O)Oc1ccc(Br)cc1C(=O)O. The smallest absolute Gasteiger partial charge is 0.347 e. The Morgan fingerprint density at radius 1 is 0.958 bits per heavy atom. The molecular formula is C17H14Br2O5. The van der Waals surface area contributed by atoms with Gasteiger partial charge in [-0.25, -0.2) is 9.59 Å². The summed E-state index contributed by atoms with van der Waals surface area (Å²) in [5.74, 6) is -1.55. The number of benzene rings is 2. The number of halogens is 2. The highest BCUT2D eigenvalue weighted by molar-refractivity contribution is 9.10. The molecule has 0 aliphatic carbocycles. The van der Waals surface area contributed by atoms with Crippen LogP contribution in [0.3, 0.4) is 0 Å². The maximum absolute atomic E-state index is 12.5. The van der Waals surface area contributed by atoms with E-state index in [1.54, 1.807) is 24.3 Å². The summed E-state index contributed by atoms with van der Waals surface area (Å²) in [6, 6.07) is 9.36. The molecule has 0 radical (unpaired) electrons. The molecule has 0 bridgehead atoms. The number of hydrogen-bond donors (Lipinski definition) is 1. The van der Waals surface area contributed by atoms with E-state index in [-0.39, 0.29) is 23.0 Å². The molecule has 0 saturated heterocycles. The standard InChI is InChI=1S/C17H14Br2O5/c1-9(2)23-15-6-4-11(19)8-13(15)17(22)24-14-5-3-10(18)7-12(14)16(20)21/h3-9H,1-2H3,(H,20,21). The van der Waals surface area contributed by atoms with Crippen molar-refractivity contribution >= 4 is 43.8 Å². The molecule has 0 aliphatic rings. The molecule has 2 aromatic carbocycles. The number of carboxylic acids is 1. The molecule has 0 saturated carbocycles. The van der Waals surface area contributed by atoms with Gasteiger partial charge in [-0.1, -0.05) is 31.9 Å². The molecule has 5 nitrogen and oxygen atoms in total.